The molecule has 1 atom stereocenters. The molecule has 1 aromatic rings. The van der Waals surface area contributed by atoms with Crippen molar-refractivity contribution in [3.8, 4) is 0 Å². The van der Waals surface area contributed by atoms with Crippen molar-refractivity contribution in [2.45, 2.75) is 13.0 Å². The van der Waals surface area contributed by atoms with Crippen molar-refractivity contribution >= 4 is 5.82 Å². The van der Waals surface area contributed by atoms with Gasteiger partial charge in [0.15, 0.2) is 0 Å². The lowest BCUT2D eigenvalue weighted by Crippen LogP contribution is -2.47. The molecule has 0 aromatic carbocycles. The second-order valence-corrected chi connectivity index (χ2v) is 4.76. The number of hydrogen-bond donors (Lipinski definition) is 2. The van der Waals surface area contributed by atoms with Gasteiger partial charge < -0.3 is 15.7 Å². The number of piperazine rings is 1. The van der Waals surface area contributed by atoms with Gasteiger partial charge in [-0.3, -0.25) is 4.90 Å². The monoisotopic (exact) mass is 250 g/mol. The zero-order chi connectivity index (χ0) is 13.0. The summed E-state index contributed by atoms with van der Waals surface area (Å²) in [5.74, 6) is 1.01. The molecular formula is C13H22N4O. The lowest BCUT2D eigenvalue weighted by Gasteiger charge is -2.36. The summed E-state index contributed by atoms with van der Waals surface area (Å²) in [6.45, 7) is 6.80. The molecule has 2 heterocycles. The molecular weight excluding hydrogens is 228 g/mol. The fourth-order valence-electron chi connectivity index (χ4n) is 2.35. The molecule has 0 bridgehead atoms. The first-order valence-corrected chi connectivity index (χ1v) is 6.51. The van der Waals surface area contributed by atoms with Crippen LogP contribution in [-0.2, 0) is 0 Å². The van der Waals surface area contributed by atoms with Crippen LogP contribution in [0.25, 0.3) is 0 Å². The molecule has 5 heteroatoms. The van der Waals surface area contributed by atoms with Gasteiger partial charge in [0.05, 0.1) is 6.61 Å². The molecule has 2 rings (SSSR count). The summed E-state index contributed by atoms with van der Waals surface area (Å²) in [6.07, 6.45) is 1.82. The average molecular weight is 250 g/mol. The van der Waals surface area contributed by atoms with Crippen molar-refractivity contribution in [1.82, 2.24) is 9.88 Å². The van der Waals surface area contributed by atoms with E-state index in [1.807, 2.05) is 25.3 Å². The molecule has 1 fully saturated rings. The normalized spacial score (nSPS) is 18.9. The highest BCUT2D eigenvalue weighted by molar-refractivity contribution is 5.48. The first kappa shape index (κ1) is 13.3. The van der Waals surface area contributed by atoms with Gasteiger partial charge in [0.25, 0.3) is 0 Å². The number of hydrogen-bond acceptors (Lipinski definition) is 5. The van der Waals surface area contributed by atoms with Crippen LogP contribution in [0, 0.1) is 0 Å². The van der Waals surface area contributed by atoms with E-state index in [-0.39, 0.29) is 12.6 Å². The average Bonchev–Trinajstić information content (AvgIpc) is 2.40. The summed E-state index contributed by atoms with van der Waals surface area (Å²) in [7, 11) is 0. The number of nitrogens with zero attached hydrogens (tertiary/aromatic N) is 3. The van der Waals surface area contributed by atoms with Crippen molar-refractivity contribution in [2.24, 2.45) is 5.73 Å². The molecule has 3 N–H and O–H groups in total. The Balaban J connectivity index is 2.05. The van der Waals surface area contributed by atoms with Crippen LogP contribution in [0.1, 0.15) is 18.5 Å². The second kappa shape index (κ2) is 6.13. The molecule has 0 saturated carbocycles. The maximum absolute atomic E-state index is 8.93. The zero-order valence-electron chi connectivity index (χ0n) is 10.9. The summed E-state index contributed by atoms with van der Waals surface area (Å²) in [6, 6.07) is 3.99. The Morgan fingerprint density at radius 1 is 1.39 bits per heavy atom. The zero-order valence-corrected chi connectivity index (χ0v) is 10.9. The maximum Gasteiger partial charge on any atom is 0.133 e. The highest BCUT2D eigenvalue weighted by atomic mass is 16.3. The summed E-state index contributed by atoms with van der Waals surface area (Å²) in [4.78, 5) is 9.03. The number of aliphatic hydroxyl groups excluding tert-OH is 1. The van der Waals surface area contributed by atoms with Gasteiger partial charge in [0, 0.05) is 50.5 Å². The lowest BCUT2D eigenvalue weighted by molar-refractivity contribution is 0.188. The number of rotatable bonds is 4. The van der Waals surface area contributed by atoms with Crippen LogP contribution in [0.4, 0.5) is 5.82 Å². The Kier molecular flexibility index (Phi) is 4.52. The molecule has 1 aliphatic heterocycles. The van der Waals surface area contributed by atoms with E-state index in [0.717, 1.165) is 44.1 Å². The van der Waals surface area contributed by atoms with Gasteiger partial charge in [-0.15, -0.1) is 0 Å². The Bertz CT molecular complexity index is 375. The standard InChI is InChI=1S/C13H22N4O/c1-11(14)12-3-2-4-15-13(12)17-7-5-16(6-8-17)9-10-18/h2-4,11,18H,5-10,14H2,1H3/t11-/m0/s1. The van der Waals surface area contributed by atoms with Crippen molar-refractivity contribution < 1.29 is 5.11 Å². The van der Waals surface area contributed by atoms with Crippen LogP contribution >= 0.6 is 0 Å². The van der Waals surface area contributed by atoms with E-state index < -0.39 is 0 Å². The number of pyridine rings is 1. The summed E-state index contributed by atoms with van der Waals surface area (Å²) in [5.41, 5.74) is 7.09. The predicted molar refractivity (Wildman–Crippen MR) is 72.6 cm³/mol. The van der Waals surface area contributed by atoms with Crippen molar-refractivity contribution in [3.63, 3.8) is 0 Å². The van der Waals surface area contributed by atoms with Crippen molar-refractivity contribution in [2.75, 3.05) is 44.2 Å². The third-order valence-electron chi connectivity index (χ3n) is 3.40. The van der Waals surface area contributed by atoms with E-state index in [1.165, 1.54) is 0 Å². The highest BCUT2D eigenvalue weighted by Crippen LogP contribution is 2.23. The molecule has 0 radical (unpaired) electrons. The molecule has 0 aliphatic carbocycles. The van der Waals surface area contributed by atoms with E-state index in [9.17, 15) is 0 Å². The Labute approximate surface area is 108 Å². The van der Waals surface area contributed by atoms with Gasteiger partial charge in [0.2, 0.25) is 0 Å². The minimum absolute atomic E-state index is 0.00386. The van der Waals surface area contributed by atoms with Crippen molar-refractivity contribution in [3.05, 3.63) is 23.9 Å². The van der Waals surface area contributed by atoms with Crippen LogP contribution < -0.4 is 10.6 Å². The van der Waals surface area contributed by atoms with E-state index in [1.54, 1.807) is 0 Å². The van der Waals surface area contributed by atoms with Gasteiger partial charge in [-0.1, -0.05) is 6.07 Å². The van der Waals surface area contributed by atoms with Crippen LogP contribution in [-0.4, -0.2) is 54.3 Å². The van der Waals surface area contributed by atoms with Gasteiger partial charge in [-0.2, -0.15) is 0 Å². The number of nitrogens with two attached hydrogens (primary N) is 1. The minimum Gasteiger partial charge on any atom is -0.395 e. The number of β-amino-alcohol motifs (C(OH)–C–C–N with tert-alkyl or cyclic N) is 1. The molecule has 1 saturated heterocycles. The predicted octanol–water partition coefficient (Wildman–Crippen LogP) is 0.216. The Hall–Kier alpha value is -1.17. The van der Waals surface area contributed by atoms with Gasteiger partial charge in [0.1, 0.15) is 5.82 Å². The van der Waals surface area contributed by atoms with Crippen LogP contribution in [0.3, 0.4) is 0 Å². The molecule has 5 nitrogen and oxygen atoms in total. The first-order chi connectivity index (χ1) is 8.72. The number of anilines is 1. The number of aromatic nitrogens is 1. The molecule has 100 valence electrons. The largest absolute Gasteiger partial charge is 0.395 e. The van der Waals surface area contributed by atoms with Crippen LogP contribution in [0.2, 0.25) is 0 Å². The van der Waals surface area contributed by atoms with Crippen LogP contribution in [0.5, 0.6) is 0 Å². The smallest absolute Gasteiger partial charge is 0.133 e. The topological polar surface area (TPSA) is 65.6 Å². The van der Waals surface area contributed by atoms with E-state index in [0.29, 0.717) is 0 Å². The molecule has 1 aliphatic rings. The fraction of sp³-hybridized carbons (Fsp3) is 0.615. The fourth-order valence-corrected chi connectivity index (χ4v) is 2.35. The van der Waals surface area contributed by atoms with Crippen molar-refractivity contribution in [1.29, 1.82) is 0 Å². The van der Waals surface area contributed by atoms with Gasteiger partial charge in [-0.05, 0) is 13.0 Å². The quantitative estimate of drug-likeness (QED) is 0.800. The lowest BCUT2D eigenvalue weighted by atomic mass is 10.1. The molecule has 18 heavy (non-hydrogen) atoms. The molecule has 0 spiro atoms. The third-order valence-corrected chi connectivity index (χ3v) is 3.40. The van der Waals surface area contributed by atoms with Gasteiger partial charge in [-0.25, -0.2) is 4.98 Å². The molecule has 1 aromatic heterocycles. The van der Waals surface area contributed by atoms with E-state index >= 15 is 0 Å². The third kappa shape index (κ3) is 2.98. The molecule has 0 unspecified atom stereocenters. The Morgan fingerprint density at radius 3 is 2.72 bits per heavy atom. The van der Waals surface area contributed by atoms with E-state index in [4.69, 9.17) is 10.8 Å². The highest BCUT2D eigenvalue weighted by Gasteiger charge is 2.20. The summed E-state index contributed by atoms with van der Waals surface area (Å²) >= 11 is 0. The second-order valence-electron chi connectivity index (χ2n) is 4.76. The maximum atomic E-state index is 8.93. The minimum atomic E-state index is 0.00386. The summed E-state index contributed by atoms with van der Waals surface area (Å²) < 4.78 is 0. The first-order valence-electron chi connectivity index (χ1n) is 6.51. The Morgan fingerprint density at radius 2 is 2.11 bits per heavy atom. The number of aliphatic hydroxyl groups is 1. The SMILES string of the molecule is C[C@H](N)c1cccnc1N1CCN(CCO)CC1. The molecule has 0 amide bonds. The van der Waals surface area contributed by atoms with Gasteiger partial charge >= 0.3 is 0 Å². The van der Waals surface area contributed by atoms with E-state index in [2.05, 4.69) is 14.8 Å². The van der Waals surface area contributed by atoms with Crippen LogP contribution in [0.15, 0.2) is 18.3 Å². The summed E-state index contributed by atoms with van der Waals surface area (Å²) in [5, 5.41) is 8.93.